The van der Waals surface area contributed by atoms with E-state index in [1.165, 1.54) is 10.7 Å². The van der Waals surface area contributed by atoms with E-state index in [1.807, 2.05) is 36.4 Å². The van der Waals surface area contributed by atoms with E-state index in [2.05, 4.69) is 33.0 Å². The number of amides is 1. The van der Waals surface area contributed by atoms with Gasteiger partial charge in [-0.15, -0.1) is 0 Å². The van der Waals surface area contributed by atoms with Gasteiger partial charge in [0.2, 0.25) is 0 Å². The minimum absolute atomic E-state index is 0.187. The van der Waals surface area contributed by atoms with Gasteiger partial charge in [-0.3, -0.25) is 10.1 Å². The molecule has 0 spiro atoms. The lowest BCUT2D eigenvalue weighted by atomic mass is 10.1. The molecule has 1 heterocycles. The third-order valence-electron chi connectivity index (χ3n) is 3.79. The second-order valence-corrected chi connectivity index (χ2v) is 7.01. The Hall–Kier alpha value is -2.68. The van der Waals surface area contributed by atoms with E-state index in [1.54, 1.807) is 25.1 Å². The first-order chi connectivity index (χ1) is 13.0. The van der Waals surface area contributed by atoms with E-state index in [-0.39, 0.29) is 5.56 Å². The predicted molar refractivity (Wildman–Crippen MR) is 113 cm³/mol. The maximum Gasteiger partial charge on any atom is 0.411 e. The van der Waals surface area contributed by atoms with Gasteiger partial charge in [-0.05, 0) is 65.4 Å². The van der Waals surface area contributed by atoms with Gasteiger partial charge in [0.1, 0.15) is 0 Å². The first kappa shape index (κ1) is 19.1. The molecule has 1 aromatic heterocycles. The Labute approximate surface area is 170 Å². The lowest BCUT2D eigenvalue weighted by Gasteiger charge is -2.10. The molecule has 0 bridgehead atoms. The normalized spacial score (nSPS) is 10.4. The van der Waals surface area contributed by atoms with Gasteiger partial charge in [0.05, 0.1) is 18.8 Å². The summed E-state index contributed by atoms with van der Waals surface area (Å²) in [4.78, 5) is 23.8. The number of hydrogen-bond acceptors (Lipinski definition) is 4. The van der Waals surface area contributed by atoms with Crippen LogP contribution in [0.1, 0.15) is 12.5 Å². The zero-order chi connectivity index (χ0) is 19.2. The molecule has 3 aromatic rings. The fourth-order valence-corrected chi connectivity index (χ4v) is 2.90. The Morgan fingerprint density at radius 1 is 1.15 bits per heavy atom. The largest absolute Gasteiger partial charge is 0.450 e. The Morgan fingerprint density at radius 3 is 2.67 bits per heavy atom. The Bertz CT molecular complexity index is 1000. The van der Waals surface area contributed by atoms with E-state index in [0.29, 0.717) is 18.8 Å². The molecule has 3 rings (SSSR count). The number of halogens is 1. The highest BCUT2D eigenvalue weighted by atomic mass is 127. The summed E-state index contributed by atoms with van der Waals surface area (Å²) in [6, 6.07) is 18.4. The third-order valence-corrected chi connectivity index (χ3v) is 4.51. The summed E-state index contributed by atoms with van der Waals surface area (Å²) in [6.45, 7) is 2.35. The van der Waals surface area contributed by atoms with Crippen LogP contribution in [0.15, 0.2) is 65.5 Å². The van der Waals surface area contributed by atoms with Crippen LogP contribution in [0.5, 0.6) is 0 Å². The summed E-state index contributed by atoms with van der Waals surface area (Å²) >= 11 is 2.24. The molecule has 0 unspecified atom stereocenters. The summed E-state index contributed by atoms with van der Waals surface area (Å²) in [5, 5.41) is 7.13. The van der Waals surface area contributed by atoms with E-state index >= 15 is 0 Å². The lowest BCUT2D eigenvalue weighted by molar-refractivity contribution is 0.168. The summed E-state index contributed by atoms with van der Waals surface area (Å²) < 4.78 is 7.43. The quantitative estimate of drug-likeness (QED) is 0.564. The zero-order valence-electron chi connectivity index (χ0n) is 14.7. The van der Waals surface area contributed by atoms with E-state index in [0.717, 1.165) is 20.4 Å². The molecule has 2 aromatic carbocycles. The van der Waals surface area contributed by atoms with Crippen LogP contribution in [-0.4, -0.2) is 22.5 Å². The van der Waals surface area contributed by atoms with Crippen LogP contribution < -0.4 is 10.9 Å². The number of ether oxygens (including phenoxy) is 1. The Kier molecular flexibility index (Phi) is 6.23. The van der Waals surface area contributed by atoms with Crippen molar-refractivity contribution >= 4 is 34.4 Å². The molecule has 0 aliphatic rings. The summed E-state index contributed by atoms with van der Waals surface area (Å²) in [6.07, 6.45) is -0.509. The van der Waals surface area contributed by atoms with Crippen molar-refractivity contribution in [2.75, 3.05) is 11.9 Å². The van der Waals surface area contributed by atoms with Gasteiger partial charge in [-0.2, -0.15) is 5.10 Å². The monoisotopic (exact) mass is 475 g/mol. The first-order valence-corrected chi connectivity index (χ1v) is 9.50. The van der Waals surface area contributed by atoms with Gasteiger partial charge in [-0.25, -0.2) is 9.48 Å². The van der Waals surface area contributed by atoms with E-state index < -0.39 is 6.09 Å². The van der Waals surface area contributed by atoms with Crippen LogP contribution in [0.25, 0.3) is 11.3 Å². The number of anilines is 1. The Balaban J connectivity index is 1.83. The highest BCUT2D eigenvalue weighted by molar-refractivity contribution is 14.1. The van der Waals surface area contributed by atoms with Crippen molar-refractivity contribution in [2.24, 2.45) is 0 Å². The minimum atomic E-state index is -0.509. The number of nitrogens with one attached hydrogen (secondary N) is 1. The fraction of sp³-hybridized carbons (Fsp3) is 0.150. The summed E-state index contributed by atoms with van der Waals surface area (Å²) in [5.41, 5.74) is 2.94. The molecule has 0 atom stereocenters. The van der Waals surface area contributed by atoms with Gasteiger partial charge in [0, 0.05) is 20.9 Å². The molecular formula is C20H18IN3O3. The number of nitrogens with zero attached hydrogens (tertiary/aromatic N) is 2. The van der Waals surface area contributed by atoms with Gasteiger partial charge in [-0.1, -0.05) is 24.3 Å². The average Bonchev–Trinajstić information content (AvgIpc) is 2.65. The molecule has 6 nitrogen and oxygen atoms in total. The number of rotatable bonds is 5. The van der Waals surface area contributed by atoms with Crippen molar-refractivity contribution in [1.82, 2.24) is 9.78 Å². The smallest absolute Gasteiger partial charge is 0.411 e. The predicted octanol–water partition coefficient (Wildman–Crippen LogP) is 4.13. The molecular weight excluding hydrogens is 457 g/mol. The van der Waals surface area contributed by atoms with Crippen LogP contribution in [-0.2, 0) is 11.3 Å². The molecule has 27 heavy (non-hydrogen) atoms. The molecule has 138 valence electrons. The zero-order valence-corrected chi connectivity index (χ0v) is 16.8. The maximum absolute atomic E-state index is 12.2. The van der Waals surface area contributed by atoms with Crippen LogP contribution in [0.3, 0.4) is 0 Å². The van der Waals surface area contributed by atoms with Crippen molar-refractivity contribution in [2.45, 2.75) is 13.5 Å². The molecule has 0 saturated carbocycles. The van der Waals surface area contributed by atoms with Gasteiger partial charge >= 0.3 is 6.09 Å². The summed E-state index contributed by atoms with van der Waals surface area (Å²) in [7, 11) is 0. The van der Waals surface area contributed by atoms with Crippen molar-refractivity contribution in [3.8, 4) is 11.3 Å². The molecule has 0 saturated heterocycles. The highest BCUT2D eigenvalue weighted by Gasteiger charge is 2.07. The standard InChI is InChI=1S/C20H18IN3O3/c1-2-27-20(26)22-17-5-3-4-14(12-17)13-24-19(25)11-10-18(23-24)15-6-8-16(21)9-7-15/h3-12H,2,13H2,1H3,(H,22,26). The molecule has 0 aliphatic carbocycles. The van der Waals surface area contributed by atoms with Gasteiger partial charge in [0.25, 0.3) is 5.56 Å². The molecule has 0 aliphatic heterocycles. The van der Waals surface area contributed by atoms with E-state index in [9.17, 15) is 9.59 Å². The minimum Gasteiger partial charge on any atom is -0.450 e. The van der Waals surface area contributed by atoms with E-state index in [4.69, 9.17) is 4.74 Å². The van der Waals surface area contributed by atoms with Crippen molar-refractivity contribution < 1.29 is 9.53 Å². The number of benzene rings is 2. The average molecular weight is 475 g/mol. The first-order valence-electron chi connectivity index (χ1n) is 8.42. The molecule has 1 N–H and O–H groups in total. The fourth-order valence-electron chi connectivity index (χ4n) is 2.54. The molecule has 7 heteroatoms. The van der Waals surface area contributed by atoms with Crippen molar-refractivity contribution in [1.29, 1.82) is 0 Å². The van der Waals surface area contributed by atoms with Gasteiger partial charge < -0.3 is 4.74 Å². The van der Waals surface area contributed by atoms with Crippen molar-refractivity contribution in [3.05, 3.63) is 80.2 Å². The Morgan fingerprint density at radius 2 is 1.93 bits per heavy atom. The molecule has 1 amide bonds. The highest BCUT2D eigenvalue weighted by Crippen LogP contribution is 2.17. The number of carbonyl (C=O) groups excluding carboxylic acids is 1. The third kappa shape index (κ3) is 5.16. The lowest BCUT2D eigenvalue weighted by Crippen LogP contribution is -2.23. The van der Waals surface area contributed by atoms with Crippen LogP contribution in [0.2, 0.25) is 0 Å². The topological polar surface area (TPSA) is 73.2 Å². The SMILES string of the molecule is CCOC(=O)Nc1cccc(Cn2nc(-c3ccc(I)cc3)ccc2=O)c1. The van der Waals surface area contributed by atoms with Crippen LogP contribution in [0.4, 0.5) is 10.5 Å². The summed E-state index contributed by atoms with van der Waals surface area (Å²) in [5.74, 6) is 0. The second kappa shape index (κ2) is 8.81. The number of hydrogen-bond donors (Lipinski definition) is 1. The second-order valence-electron chi connectivity index (χ2n) is 5.77. The molecule has 0 fully saturated rings. The van der Waals surface area contributed by atoms with Crippen molar-refractivity contribution in [3.63, 3.8) is 0 Å². The van der Waals surface area contributed by atoms with Gasteiger partial charge in [0.15, 0.2) is 0 Å². The number of aromatic nitrogens is 2. The molecule has 0 radical (unpaired) electrons. The van der Waals surface area contributed by atoms with Crippen LogP contribution >= 0.6 is 22.6 Å². The van der Waals surface area contributed by atoms with Crippen LogP contribution in [0, 0.1) is 3.57 Å². The maximum atomic E-state index is 12.2. The number of carbonyl (C=O) groups is 1.